The number of carboxylic acid groups (broad SMARTS) is 1. The number of hydrogen-bond acceptors (Lipinski definition) is 3. The summed E-state index contributed by atoms with van der Waals surface area (Å²) in [5.41, 5.74) is 2.00. The highest BCUT2D eigenvalue weighted by Gasteiger charge is 2.48. The fraction of sp³-hybridized carbons (Fsp3) is 0.471. The highest BCUT2D eigenvalue weighted by atomic mass is 16.4. The molecule has 0 spiro atoms. The third-order valence-electron chi connectivity index (χ3n) is 4.45. The zero-order chi connectivity index (χ0) is 16.4. The van der Waals surface area contributed by atoms with Crippen LogP contribution in [0.4, 0.5) is 0 Å². The molecule has 2 atom stereocenters. The van der Waals surface area contributed by atoms with Crippen molar-refractivity contribution >= 4 is 17.8 Å². The molecule has 23 heavy (non-hydrogen) atoms. The van der Waals surface area contributed by atoms with Crippen LogP contribution in [-0.4, -0.2) is 34.3 Å². The highest BCUT2D eigenvalue weighted by molar-refractivity contribution is 5.89. The Bertz CT molecular complexity index is 643. The molecular weight excluding hydrogens is 296 g/mol. The van der Waals surface area contributed by atoms with Crippen LogP contribution in [0.15, 0.2) is 24.3 Å². The Morgan fingerprint density at radius 3 is 2.70 bits per heavy atom. The van der Waals surface area contributed by atoms with Crippen molar-refractivity contribution in [3.05, 3.63) is 35.4 Å². The Kier molecular flexibility index (Phi) is 4.32. The third-order valence-corrected chi connectivity index (χ3v) is 4.45. The average Bonchev–Trinajstić information content (AvgIpc) is 3.25. The molecule has 2 aliphatic rings. The Labute approximate surface area is 134 Å². The molecule has 1 saturated heterocycles. The van der Waals surface area contributed by atoms with Gasteiger partial charge in [0.2, 0.25) is 11.8 Å². The van der Waals surface area contributed by atoms with E-state index < -0.39 is 17.8 Å². The summed E-state index contributed by atoms with van der Waals surface area (Å²) in [7, 11) is 0. The lowest BCUT2D eigenvalue weighted by atomic mass is 10.1. The van der Waals surface area contributed by atoms with Crippen LogP contribution in [0.3, 0.4) is 0 Å². The number of carboxylic acids is 1. The lowest BCUT2D eigenvalue weighted by molar-refractivity contribution is -0.140. The summed E-state index contributed by atoms with van der Waals surface area (Å²) >= 11 is 0. The second-order valence-electron chi connectivity index (χ2n) is 6.24. The van der Waals surface area contributed by atoms with E-state index in [9.17, 15) is 14.4 Å². The van der Waals surface area contributed by atoms with Gasteiger partial charge >= 0.3 is 5.97 Å². The number of nitrogens with zero attached hydrogens (tertiary/aromatic N) is 1. The van der Waals surface area contributed by atoms with Gasteiger partial charge < -0.3 is 15.3 Å². The van der Waals surface area contributed by atoms with E-state index in [1.807, 2.05) is 29.2 Å². The van der Waals surface area contributed by atoms with E-state index in [0.717, 1.165) is 24.1 Å². The number of nitrogens with one attached hydrogen (secondary N) is 1. The van der Waals surface area contributed by atoms with Crippen molar-refractivity contribution in [2.45, 2.75) is 32.4 Å². The van der Waals surface area contributed by atoms with Gasteiger partial charge in [-0.3, -0.25) is 14.4 Å². The fourth-order valence-corrected chi connectivity index (χ4v) is 3.01. The van der Waals surface area contributed by atoms with Crippen LogP contribution in [0.2, 0.25) is 0 Å². The van der Waals surface area contributed by atoms with Crippen molar-refractivity contribution < 1.29 is 19.5 Å². The molecule has 122 valence electrons. The van der Waals surface area contributed by atoms with Gasteiger partial charge in [0.15, 0.2) is 0 Å². The number of carbonyl (C=O) groups excluding carboxylic acids is 2. The van der Waals surface area contributed by atoms with E-state index in [4.69, 9.17) is 5.11 Å². The van der Waals surface area contributed by atoms with Crippen LogP contribution in [0.5, 0.6) is 0 Å². The highest BCUT2D eigenvalue weighted by Crippen LogP contribution is 2.38. The molecule has 0 bridgehead atoms. The summed E-state index contributed by atoms with van der Waals surface area (Å²) in [4.78, 5) is 36.2. The van der Waals surface area contributed by atoms with Crippen LogP contribution in [0.1, 0.15) is 30.4 Å². The van der Waals surface area contributed by atoms with Crippen molar-refractivity contribution in [3.63, 3.8) is 0 Å². The van der Waals surface area contributed by atoms with Crippen molar-refractivity contribution in [1.82, 2.24) is 10.2 Å². The van der Waals surface area contributed by atoms with Crippen molar-refractivity contribution in [2.75, 3.05) is 6.54 Å². The van der Waals surface area contributed by atoms with Crippen LogP contribution < -0.4 is 5.32 Å². The Morgan fingerprint density at radius 1 is 1.26 bits per heavy atom. The standard InChI is InChI=1S/C17H20N2O4/c20-15-5-2-6-19(15)10-12-4-1-3-11(7-12)9-18-16(21)13-8-14(13)17(22)23/h1,3-4,7,13-14H,2,5-6,8-10H2,(H,18,21)(H,22,23)/t13-,14+/m0/s1. The van der Waals surface area contributed by atoms with Gasteiger partial charge in [-0.2, -0.15) is 0 Å². The van der Waals surface area contributed by atoms with Gasteiger partial charge in [-0.1, -0.05) is 24.3 Å². The maximum Gasteiger partial charge on any atom is 0.307 e. The number of benzene rings is 1. The normalized spacial score (nSPS) is 23.0. The lowest BCUT2D eigenvalue weighted by Crippen LogP contribution is -2.26. The predicted octanol–water partition coefficient (Wildman–Crippen LogP) is 1.15. The zero-order valence-corrected chi connectivity index (χ0v) is 12.8. The molecule has 1 aromatic carbocycles. The zero-order valence-electron chi connectivity index (χ0n) is 12.8. The molecule has 1 aromatic rings. The molecule has 6 nitrogen and oxygen atoms in total. The van der Waals surface area contributed by atoms with E-state index in [-0.39, 0.29) is 11.8 Å². The number of aliphatic carboxylic acids is 1. The summed E-state index contributed by atoms with van der Waals surface area (Å²) in [6.45, 7) is 1.78. The van der Waals surface area contributed by atoms with Crippen molar-refractivity contribution in [2.24, 2.45) is 11.8 Å². The van der Waals surface area contributed by atoms with E-state index in [1.54, 1.807) is 0 Å². The molecule has 2 N–H and O–H groups in total. The maximum absolute atomic E-state index is 11.9. The molecule has 1 aliphatic carbocycles. The van der Waals surface area contributed by atoms with E-state index in [0.29, 0.717) is 25.9 Å². The minimum Gasteiger partial charge on any atom is -0.481 e. The smallest absolute Gasteiger partial charge is 0.307 e. The summed E-state index contributed by atoms with van der Waals surface area (Å²) < 4.78 is 0. The number of likely N-dealkylation sites (tertiary alicyclic amines) is 1. The van der Waals surface area contributed by atoms with Gasteiger partial charge in [-0.15, -0.1) is 0 Å². The molecular formula is C17H20N2O4. The van der Waals surface area contributed by atoms with Gasteiger partial charge in [0.1, 0.15) is 0 Å². The summed E-state index contributed by atoms with van der Waals surface area (Å²) in [6.07, 6.45) is 1.97. The molecule has 0 unspecified atom stereocenters. The first-order valence-corrected chi connectivity index (χ1v) is 7.90. The molecule has 1 aliphatic heterocycles. The van der Waals surface area contributed by atoms with Gasteiger partial charge in [-0.25, -0.2) is 0 Å². The number of carbonyl (C=O) groups is 3. The Hall–Kier alpha value is -2.37. The minimum atomic E-state index is -0.901. The van der Waals surface area contributed by atoms with Gasteiger partial charge in [-0.05, 0) is 24.0 Å². The van der Waals surface area contributed by atoms with Gasteiger partial charge in [0.25, 0.3) is 0 Å². The third kappa shape index (κ3) is 3.70. The second kappa shape index (κ2) is 6.40. The van der Waals surface area contributed by atoms with E-state index in [1.165, 1.54) is 0 Å². The van der Waals surface area contributed by atoms with E-state index >= 15 is 0 Å². The molecule has 0 aromatic heterocycles. The first kappa shape index (κ1) is 15.5. The van der Waals surface area contributed by atoms with Crippen molar-refractivity contribution in [3.8, 4) is 0 Å². The molecule has 1 saturated carbocycles. The van der Waals surface area contributed by atoms with Crippen LogP contribution >= 0.6 is 0 Å². The molecule has 1 heterocycles. The fourth-order valence-electron chi connectivity index (χ4n) is 3.01. The number of hydrogen-bond donors (Lipinski definition) is 2. The Balaban J connectivity index is 1.52. The predicted molar refractivity (Wildman–Crippen MR) is 82.2 cm³/mol. The Morgan fingerprint density at radius 2 is 2.04 bits per heavy atom. The first-order valence-electron chi connectivity index (χ1n) is 7.90. The van der Waals surface area contributed by atoms with Gasteiger partial charge in [0, 0.05) is 26.1 Å². The molecule has 2 fully saturated rings. The molecule has 3 rings (SSSR count). The topological polar surface area (TPSA) is 86.7 Å². The van der Waals surface area contributed by atoms with Crippen LogP contribution in [0, 0.1) is 11.8 Å². The maximum atomic E-state index is 11.9. The second-order valence-corrected chi connectivity index (χ2v) is 6.24. The van der Waals surface area contributed by atoms with Crippen LogP contribution in [-0.2, 0) is 27.5 Å². The van der Waals surface area contributed by atoms with Crippen molar-refractivity contribution in [1.29, 1.82) is 0 Å². The van der Waals surface area contributed by atoms with E-state index in [2.05, 4.69) is 5.32 Å². The lowest BCUT2D eigenvalue weighted by Gasteiger charge is -2.16. The SMILES string of the molecule is O=C(NCc1cccc(CN2CCCC2=O)c1)[C@H]1C[C@H]1C(=O)O. The first-order chi connectivity index (χ1) is 11.0. The van der Waals surface area contributed by atoms with Crippen LogP contribution in [0.25, 0.3) is 0 Å². The number of amides is 2. The van der Waals surface area contributed by atoms with Gasteiger partial charge in [0.05, 0.1) is 11.8 Å². The number of rotatable bonds is 6. The largest absolute Gasteiger partial charge is 0.481 e. The minimum absolute atomic E-state index is 0.192. The summed E-state index contributed by atoms with van der Waals surface area (Å²) in [5, 5.41) is 11.6. The summed E-state index contributed by atoms with van der Waals surface area (Å²) in [5.74, 6) is -1.82. The molecule has 6 heteroatoms. The molecule has 2 amide bonds. The quantitative estimate of drug-likeness (QED) is 0.824. The average molecular weight is 316 g/mol. The molecule has 0 radical (unpaired) electrons. The monoisotopic (exact) mass is 316 g/mol. The summed E-state index contributed by atoms with van der Waals surface area (Å²) in [6, 6.07) is 7.78.